The van der Waals surface area contributed by atoms with E-state index in [9.17, 15) is 0 Å². The van der Waals surface area contributed by atoms with E-state index in [-0.39, 0.29) is 0 Å². The van der Waals surface area contributed by atoms with Gasteiger partial charge in [0.1, 0.15) is 0 Å². The summed E-state index contributed by atoms with van der Waals surface area (Å²) in [5.41, 5.74) is 9.30. The minimum Gasteiger partial charge on any atom is -0.327 e. The van der Waals surface area contributed by atoms with Crippen LogP contribution in [0.5, 0.6) is 0 Å². The maximum Gasteiger partial charge on any atom is 0.0108 e. The van der Waals surface area contributed by atoms with Crippen LogP contribution in [0.4, 0.5) is 0 Å². The van der Waals surface area contributed by atoms with Crippen molar-refractivity contribution in [3.8, 4) is 0 Å². The topological polar surface area (TPSA) is 26.0 Å². The summed E-state index contributed by atoms with van der Waals surface area (Å²) in [6, 6.07) is 9.50. The Hall–Kier alpha value is -0.820. The normalized spacial score (nSPS) is 28.3. The molecule has 1 saturated carbocycles. The number of hydrogen-bond donors (Lipinski definition) is 1. The van der Waals surface area contributed by atoms with Crippen LogP contribution in [0.15, 0.2) is 24.3 Å². The van der Waals surface area contributed by atoms with Crippen LogP contribution in [-0.2, 0) is 6.42 Å². The van der Waals surface area contributed by atoms with Crippen molar-refractivity contribution in [2.75, 3.05) is 0 Å². The highest BCUT2D eigenvalue weighted by Gasteiger charge is 2.28. The van der Waals surface area contributed by atoms with Crippen molar-refractivity contribution in [2.24, 2.45) is 11.7 Å². The zero-order chi connectivity index (χ0) is 13.0. The van der Waals surface area contributed by atoms with Crippen molar-refractivity contribution >= 4 is 0 Å². The van der Waals surface area contributed by atoms with Crippen LogP contribution in [0.3, 0.4) is 0 Å². The third-order valence-electron chi connectivity index (χ3n) is 4.51. The fraction of sp³-hybridized carbons (Fsp3) is 0.647. The van der Waals surface area contributed by atoms with E-state index in [0.29, 0.717) is 12.0 Å². The first-order valence-corrected chi connectivity index (χ1v) is 7.59. The molecular weight excluding hydrogens is 218 g/mol. The van der Waals surface area contributed by atoms with Gasteiger partial charge in [0.05, 0.1) is 0 Å². The van der Waals surface area contributed by atoms with Gasteiger partial charge in [0, 0.05) is 6.04 Å². The largest absolute Gasteiger partial charge is 0.327 e. The Labute approximate surface area is 112 Å². The molecule has 3 atom stereocenters. The fourth-order valence-electron chi connectivity index (χ4n) is 3.30. The molecule has 1 aromatic carbocycles. The quantitative estimate of drug-likeness (QED) is 0.842. The lowest BCUT2D eigenvalue weighted by Crippen LogP contribution is -2.34. The van der Waals surface area contributed by atoms with Gasteiger partial charge in [-0.05, 0) is 48.6 Å². The molecule has 1 fully saturated rings. The second kappa shape index (κ2) is 6.38. The average molecular weight is 245 g/mol. The molecule has 0 aliphatic heterocycles. The zero-order valence-electron chi connectivity index (χ0n) is 11.9. The molecule has 2 rings (SSSR count). The fourth-order valence-corrected chi connectivity index (χ4v) is 3.30. The lowest BCUT2D eigenvalue weighted by Gasteiger charge is -2.34. The van der Waals surface area contributed by atoms with Crippen molar-refractivity contribution in [3.05, 3.63) is 35.4 Å². The molecule has 3 unspecified atom stereocenters. The molecule has 0 spiro atoms. The van der Waals surface area contributed by atoms with Crippen LogP contribution in [-0.4, -0.2) is 6.04 Å². The molecule has 0 saturated heterocycles. The van der Waals surface area contributed by atoms with E-state index in [1.807, 2.05) is 0 Å². The Morgan fingerprint density at radius 3 is 2.78 bits per heavy atom. The molecule has 0 radical (unpaired) electrons. The van der Waals surface area contributed by atoms with Crippen LogP contribution < -0.4 is 5.73 Å². The number of benzene rings is 1. The molecule has 0 heterocycles. The molecular formula is C17H27N. The second-order valence-electron chi connectivity index (χ2n) is 5.85. The first kappa shape index (κ1) is 13.6. The molecule has 2 N–H and O–H groups in total. The van der Waals surface area contributed by atoms with Crippen molar-refractivity contribution in [1.82, 2.24) is 0 Å². The lowest BCUT2D eigenvalue weighted by molar-refractivity contribution is 0.282. The van der Waals surface area contributed by atoms with Gasteiger partial charge in [-0.15, -0.1) is 0 Å². The van der Waals surface area contributed by atoms with Gasteiger partial charge in [-0.3, -0.25) is 0 Å². The Kier molecular flexibility index (Phi) is 4.82. The van der Waals surface area contributed by atoms with Gasteiger partial charge >= 0.3 is 0 Å². The van der Waals surface area contributed by atoms with Crippen molar-refractivity contribution in [2.45, 2.75) is 64.3 Å². The van der Waals surface area contributed by atoms with Crippen LogP contribution in [0.25, 0.3) is 0 Å². The van der Waals surface area contributed by atoms with Gasteiger partial charge in [-0.2, -0.15) is 0 Å². The molecule has 1 aromatic rings. The summed E-state index contributed by atoms with van der Waals surface area (Å²) >= 11 is 0. The number of hydrogen-bond acceptors (Lipinski definition) is 1. The van der Waals surface area contributed by atoms with Gasteiger partial charge in [0.2, 0.25) is 0 Å². The Morgan fingerprint density at radius 2 is 2.06 bits per heavy atom. The molecule has 1 aliphatic rings. The van der Waals surface area contributed by atoms with Gasteiger partial charge in [-0.25, -0.2) is 0 Å². The summed E-state index contributed by atoms with van der Waals surface area (Å²) in [5, 5.41) is 0. The highest BCUT2D eigenvalue weighted by atomic mass is 14.7. The summed E-state index contributed by atoms with van der Waals surface area (Å²) in [5.74, 6) is 1.46. The Balaban J connectivity index is 2.15. The van der Waals surface area contributed by atoms with Crippen LogP contribution in [0.1, 0.15) is 63.0 Å². The summed E-state index contributed by atoms with van der Waals surface area (Å²) in [6.45, 7) is 4.55. The molecule has 0 amide bonds. The van der Waals surface area contributed by atoms with E-state index >= 15 is 0 Å². The average Bonchev–Trinajstić information content (AvgIpc) is 2.40. The predicted octanol–water partition coefficient (Wildman–Crippen LogP) is 4.26. The van der Waals surface area contributed by atoms with Crippen LogP contribution in [0, 0.1) is 5.92 Å². The lowest BCUT2D eigenvalue weighted by atomic mass is 9.74. The second-order valence-corrected chi connectivity index (χ2v) is 5.85. The van der Waals surface area contributed by atoms with Gasteiger partial charge in [0.25, 0.3) is 0 Å². The van der Waals surface area contributed by atoms with Crippen molar-refractivity contribution in [3.63, 3.8) is 0 Å². The minimum absolute atomic E-state index is 0.365. The molecule has 18 heavy (non-hydrogen) atoms. The highest BCUT2D eigenvalue weighted by Crippen LogP contribution is 2.37. The molecule has 1 aliphatic carbocycles. The number of aryl methyl sites for hydroxylation is 1. The van der Waals surface area contributed by atoms with E-state index in [0.717, 1.165) is 5.92 Å². The number of rotatable bonds is 4. The molecule has 1 nitrogen and oxygen atoms in total. The monoisotopic (exact) mass is 245 g/mol. The SMILES string of the molecule is CCCc1cccc(C2CC(CC)CCC2N)c1. The highest BCUT2D eigenvalue weighted by molar-refractivity contribution is 5.28. The van der Waals surface area contributed by atoms with Crippen LogP contribution in [0.2, 0.25) is 0 Å². The first-order valence-electron chi connectivity index (χ1n) is 7.59. The van der Waals surface area contributed by atoms with E-state index in [1.165, 1.54) is 49.7 Å². The smallest absolute Gasteiger partial charge is 0.0108 e. The van der Waals surface area contributed by atoms with E-state index in [4.69, 9.17) is 5.73 Å². The molecule has 0 aromatic heterocycles. The van der Waals surface area contributed by atoms with E-state index in [2.05, 4.69) is 38.1 Å². The number of nitrogens with two attached hydrogens (primary N) is 1. The molecule has 100 valence electrons. The summed E-state index contributed by atoms with van der Waals surface area (Å²) in [7, 11) is 0. The molecule has 0 bridgehead atoms. The third-order valence-corrected chi connectivity index (χ3v) is 4.51. The minimum atomic E-state index is 0.365. The van der Waals surface area contributed by atoms with Gasteiger partial charge < -0.3 is 5.73 Å². The van der Waals surface area contributed by atoms with E-state index in [1.54, 1.807) is 0 Å². The zero-order valence-corrected chi connectivity index (χ0v) is 11.9. The summed E-state index contributed by atoms with van der Waals surface area (Å²) < 4.78 is 0. The van der Waals surface area contributed by atoms with Gasteiger partial charge in [0.15, 0.2) is 0 Å². The first-order chi connectivity index (χ1) is 8.74. The Bertz CT molecular complexity index is 372. The third kappa shape index (κ3) is 3.14. The van der Waals surface area contributed by atoms with E-state index < -0.39 is 0 Å². The summed E-state index contributed by atoms with van der Waals surface area (Å²) in [6.07, 6.45) is 7.51. The Morgan fingerprint density at radius 1 is 1.22 bits per heavy atom. The van der Waals surface area contributed by atoms with Crippen LogP contribution >= 0.6 is 0 Å². The standard InChI is InChI=1S/C17H27N/c1-3-6-14-7-5-8-15(11-14)16-12-13(4-2)9-10-17(16)18/h5,7-8,11,13,16-17H,3-4,6,9-10,12,18H2,1-2H3. The summed E-state index contributed by atoms with van der Waals surface area (Å²) in [4.78, 5) is 0. The maximum atomic E-state index is 6.35. The predicted molar refractivity (Wildman–Crippen MR) is 78.8 cm³/mol. The van der Waals surface area contributed by atoms with Crippen molar-refractivity contribution < 1.29 is 0 Å². The molecule has 1 heteroatoms. The van der Waals surface area contributed by atoms with Crippen molar-refractivity contribution in [1.29, 1.82) is 0 Å². The maximum absolute atomic E-state index is 6.35. The van der Waals surface area contributed by atoms with Gasteiger partial charge in [-0.1, -0.05) is 51.0 Å².